The van der Waals surface area contributed by atoms with Crippen LogP contribution in [0.3, 0.4) is 0 Å². The van der Waals surface area contributed by atoms with Crippen LogP contribution in [0.15, 0.2) is 53.3 Å². The number of nitrogens with zero attached hydrogens (tertiary/aromatic N) is 4. The molecule has 4 aromatic rings. The standard InChI is InChI=1S/C20H20N6O3/c1-13-14(11-22-24-13)17-6-7-18(29-17)20(27)23-16-12-26(9-10-28-2)25-19(16)15-5-3-4-8-21-15/h3-8,11-12H,9-10H2,1-2H3,(H,22,24)(H,23,27). The molecule has 0 saturated carbocycles. The van der Waals surface area contributed by atoms with Gasteiger partial charge in [0.2, 0.25) is 0 Å². The average Bonchev–Trinajstić information content (AvgIpc) is 3.46. The number of ether oxygens (including phenoxy) is 1. The smallest absolute Gasteiger partial charge is 0.291 e. The minimum absolute atomic E-state index is 0.192. The van der Waals surface area contributed by atoms with Crippen LogP contribution in [0.1, 0.15) is 16.2 Å². The Kier molecular flexibility index (Phi) is 5.21. The average molecular weight is 392 g/mol. The van der Waals surface area contributed by atoms with Crippen molar-refractivity contribution in [1.82, 2.24) is 25.0 Å². The largest absolute Gasteiger partial charge is 0.451 e. The maximum atomic E-state index is 12.8. The van der Waals surface area contributed by atoms with Gasteiger partial charge < -0.3 is 14.5 Å². The van der Waals surface area contributed by atoms with E-state index in [1.165, 1.54) is 0 Å². The van der Waals surface area contributed by atoms with Crippen LogP contribution in [0.25, 0.3) is 22.7 Å². The van der Waals surface area contributed by atoms with E-state index >= 15 is 0 Å². The van der Waals surface area contributed by atoms with Gasteiger partial charge in [-0.05, 0) is 31.2 Å². The van der Waals surface area contributed by atoms with Gasteiger partial charge in [-0.1, -0.05) is 6.07 Å². The quantitative estimate of drug-likeness (QED) is 0.500. The normalized spacial score (nSPS) is 11.0. The zero-order valence-corrected chi connectivity index (χ0v) is 16.0. The third kappa shape index (κ3) is 3.94. The van der Waals surface area contributed by atoms with Crippen LogP contribution in [-0.4, -0.2) is 44.6 Å². The Balaban J connectivity index is 1.60. The number of hydrogen-bond donors (Lipinski definition) is 2. The number of aromatic amines is 1. The van der Waals surface area contributed by atoms with Gasteiger partial charge in [-0.2, -0.15) is 10.2 Å². The van der Waals surface area contributed by atoms with Crippen molar-refractivity contribution in [3.63, 3.8) is 0 Å². The lowest BCUT2D eigenvalue weighted by atomic mass is 10.2. The van der Waals surface area contributed by atoms with Gasteiger partial charge >= 0.3 is 0 Å². The van der Waals surface area contributed by atoms with Crippen LogP contribution >= 0.6 is 0 Å². The van der Waals surface area contributed by atoms with Crippen molar-refractivity contribution in [2.24, 2.45) is 0 Å². The van der Waals surface area contributed by atoms with Gasteiger partial charge in [0.25, 0.3) is 5.91 Å². The number of nitrogens with one attached hydrogen (secondary N) is 2. The Bertz CT molecular complexity index is 1110. The number of anilines is 1. The molecule has 9 heteroatoms. The zero-order chi connectivity index (χ0) is 20.2. The number of methoxy groups -OCH3 is 1. The molecule has 9 nitrogen and oxygen atoms in total. The second kappa shape index (κ2) is 8.11. The highest BCUT2D eigenvalue weighted by molar-refractivity contribution is 6.04. The van der Waals surface area contributed by atoms with Gasteiger partial charge in [-0.3, -0.25) is 19.6 Å². The Morgan fingerprint density at radius 2 is 2.21 bits per heavy atom. The molecule has 4 rings (SSSR count). The molecule has 0 bridgehead atoms. The summed E-state index contributed by atoms with van der Waals surface area (Å²) in [5, 5.41) is 14.2. The first-order chi connectivity index (χ1) is 14.2. The lowest BCUT2D eigenvalue weighted by Gasteiger charge is -2.03. The Labute approximate surface area is 166 Å². The van der Waals surface area contributed by atoms with Crippen LogP contribution in [-0.2, 0) is 11.3 Å². The highest BCUT2D eigenvalue weighted by Gasteiger charge is 2.19. The highest BCUT2D eigenvalue weighted by Crippen LogP contribution is 2.27. The number of carbonyl (C=O) groups is 1. The predicted molar refractivity (Wildman–Crippen MR) is 106 cm³/mol. The number of aromatic nitrogens is 5. The summed E-state index contributed by atoms with van der Waals surface area (Å²) in [4.78, 5) is 17.1. The lowest BCUT2D eigenvalue weighted by molar-refractivity contribution is 0.0997. The first-order valence-corrected chi connectivity index (χ1v) is 9.05. The molecule has 0 fully saturated rings. The number of pyridine rings is 1. The molecule has 29 heavy (non-hydrogen) atoms. The van der Waals surface area contributed by atoms with E-state index in [2.05, 4.69) is 25.6 Å². The first kappa shape index (κ1) is 18.6. The van der Waals surface area contributed by atoms with Crippen LogP contribution < -0.4 is 5.32 Å². The molecule has 0 unspecified atom stereocenters. The van der Waals surface area contributed by atoms with Crippen LogP contribution in [0, 0.1) is 6.92 Å². The predicted octanol–water partition coefficient (Wildman–Crippen LogP) is 3.14. The summed E-state index contributed by atoms with van der Waals surface area (Å²) in [5.41, 5.74) is 3.46. The first-order valence-electron chi connectivity index (χ1n) is 9.05. The molecule has 0 saturated heterocycles. The number of hydrogen-bond acceptors (Lipinski definition) is 6. The summed E-state index contributed by atoms with van der Waals surface area (Å²) in [7, 11) is 1.63. The molecule has 0 aliphatic carbocycles. The molecule has 1 amide bonds. The number of aryl methyl sites for hydroxylation is 1. The molecule has 0 aliphatic heterocycles. The van der Waals surface area contributed by atoms with Gasteiger partial charge in [0, 0.05) is 25.2 Å². The van der Waals surface area contributed by atoms with Crippen molar-refractivity contribution in [3.8, 4) is 22.7 Å². The van der Waals surface area contributed by atoms with Crippen molar-refractivity contribution in [2.75, 3.05) is 19.0 Å². The summed E-state index contributed by atoms with van der Waals surface area (Å²) in [5.74, 6) is 0.389. The van der Waals surface area contributed by atoms with E-state index in [1.54, 1.807) is 42.5 Å². The summed E-state index contributed by atoms with van der Waals surface area (Å²) >= 11 is 0. The summed E-state index contributed by atoms with van der Waals surface area (Å²) in [6.45, 7) is 2.94. The molecular formula is C20H20N6O3. The fourth-order valence-electron chi connectivity index (χ4n) is 2.89. The molecule has 0 aromatic carbocycles. The molecule has 4 aromatic heterocycles. The van der Waals surface area contributed by atoms with E-state index in [1.807, 2.05) is 25.1 Å². The number of furan rings is 1. The second-order valence-corrected chi connectivity index (χ2v) is 6.39. The van der Waals surface area contributed by atoms with E-state index in [0.717, 1.165) is 11.3 Å². The third-order valence-electron chi connectivity index (χ3n) is 4.37. The molecule has 0 radical (unpaired) electrons. The Morgan fingerprint density at radius 1 is 1.31 bits per heavy atom. The Morgan fingerprint density at radius 3 is 2.93 bits per heavy atom. The van der Waals surface area contributed by atoms with E-state index in [9.17, 15) is 4.79 Å². The van der Waals surface area contributed by atoms with E-state index in [-0.39, 0.29) is 11.7 Å². The number of rotatable bonds is 7. The molecule has 0 spiro atoms. The minimum atomic E-state index is -0.374. The molecular weight excluding hydrogens is 372 g/mol. The van der Waals surface area contributed by atoms with Gasteiger partial charge in [0.15, 0.2) is 5.76 Å². The SMILES string of the molecule is COCCn1cc(NC(=O)c2ccc(-c3cn[nH]c3C)o2)c(-c2ccccn2)n1. The third-order valence-corrected chi connectivity index (χ3v) is 4.37. The summed E-state index contributed by atoms with van der Waals surface area (Å²) in [6.07, 6.45) is 5.10. The van der Waals surface area contributed by atoms with Gasteiger partial charge in [-0.25, -0.2) is 0 Å². The van der Waals surface area contributed by atoms with Gasteiger partial charge in [-0.15, -0.1) is 0 Å². The molecule has 148 valence electrons. The second-order valence-electron chi connectivity index (χ2n) is 6.39. The van der Waals surface area contributed by atoms with Crippen LogP contribution in [0.4, 0.5) is 5.69 Å². The number of carbonyl (C=O) groups excluding carboxylic acids is 1. The van der Waals surface area contributed by atoms with Crippen molar-refractivity contribution in [2.45, 2.75) is 13.5 Å². The highest BCUT2D eigenvalue weighted by atomic mass is 16.5. The number of amides is 1. The fraction of sp³-hybridized carbons (Fsp3) is 0.200. The fourth-order valence-corrected chi connectivity index (χ4v) is 2.89. The maximum absolute atomic E-state index is 12.8. The van der Waals surface area contributed by atoms with Crippen molar-refractivity contribution in [1.29, 1.82) is 0 Å². The molecule has 0 aliphatic rings. The topological polar surface area (TPSA) is 111 Å². The molecule has 4 heterocycles. The van der Waals surface area contributed by atoms with Gasteiger partial charge in [0.1, 0.15) is 11.5 Å². The number of H-pyrrole nitrogens is 1. The lowest BCUT2D eigenvalue weighted by Crippen LogP contribution is -2.11. The van der Waals surface area contributed by atoms with E-state index < -0.39 is 0 Å². The zero-order valence-electron chi connectivity index (χ0n) is 16.0. The van der Waals surface area contributed by atoms with E-state index in [0.29, 0.717) is 36.0 Å². The monoisotopic (exact) mass is 392 g/mol. The summed E-state index contributed by atoms with van der Waals surface area (Å²) < 4.78 is 12.6. The maximum Gasteiger partial charge on any atom is 0.291 e. The molecule has 0 atom stereocenters. The molecule has 2 N–H and O–H groups in total. The van der Waals surface area contributed by atoms with Crippen LogP contribution in [0.5, 0.6) is 0 Å². The summed E-state index contributed by atoms with van der Waals surface area (Å²) in [6, 6.07) is 8.91. The van der Waals surface area contributed by atoms with Gasteiger partial charge in [0.05, 0.1) is 36.3 Å². The van der Waals surface area contributed by atoms with Crippen molar-refractivity contribution < 1.29 is 13.9 Å². The van der Waals surface area contributed by atoms with Crippen LogP contribution in [0.2, 0.25) is 0 Å². The Hall–Kier alpha value is -3.72. The van der Waals surface area contributed by atoms with Crippen molar-refractivity contribution in [3.05, 3.63) is 60.4 Å². The van der Waals surface area contributed by atoms with E-state index in [4.69, 9.17) is 9.15 Å². The van der Waals surface area contributed by atoms with Crippen molar-refractivity contribution >= 4 is 11.6 Å². The minimum Gasteiger partial charge on any atom is -0.451 e.